The van der Waals surface area contributed by atoms with Gasteiger partial charge in [0.25, 0.3) is 5.69 Å². The largest absolute Gasteiger partial charge is 0.489 e. The van der Waals surface area contributed by atoms with Crippen LogP contribution in [-0.2, 0) is 18.0 Å². The number of rotatable bonds is 5. The van der Waals surface area contributed by atoms with Crippen molar-refractivity contribution in [1.82, 2.24) is 0 Å². The second-order valence-corrected chi connectivity index (χ2v) is 4.94. The fraction of sp³-hybridized carbons (Fsp3) is 0.188. The predicted molar refractivity (Wildman–Crippen MR) is 79.5 cm³/mol. The van der Waals surface area contributed by atoms with Gasteiger partial charge in [-0.25, -0.2) is 0 Å². The van der Waals surface area contributed by atoms with Crippen molar-refractivity contribution in [3.8, 4) is 11.5 Å². The highest BCUT2D eigenvalue weighted by molar-refractivity contribution is 5.74. The number of carbonyl (C=O) groups is 1. The summed E-state index contributed by atoms with van der Waals surface area (Å²) in [4.78, 5) is 21.2. The first-order valence-corrected chi connectivity index (χ1v) is 6.86. The van der Waals surface area contributed by atoms with Crippen LogP contribution < -0.4 is 9.47 Å². The number of benzene rings is 2. The highest BCUT2D eigenvalue weighted by atomic mass is 16.7. The van der Waals surface area contributed by atoms with E-state index in [1.807, 2.05) is 0 Å². The van der Waals surface area contributed by atoms with E-state index in [1.54, 1.807) is 24.3 Å². The van der Waals surface area contributed by atoms with E-state index >= 15 is 0 Å². The van der Waals surface area contributed by atoms with Gasteiger partial charge in [0.1, 0.15) is 24.4 Å². The Morgan fingerprint density at radius 1 is 1.26 bits per heavy atom. The fourth-order valence-corrected chi connectivity index (χ4v) is 2.30. The van der Waals surface area contributed by atoms with E-state index in [2.05, 4.69) is 0 Å². The van der Waals surface area contributed by atoms with Crippen LogP contribution in [0.2, 0.25) is 0 Å². The average Bonchev–Trinajstić information content (AvgIpc) is 2.59. The van der Waals surface area contributed by atoms with E-state index in [0.717, 1.165) is 6.29 Å². The molecule has 0 saturated heterocycles. The number of aldehydes is 1. The molecule has 23 heavy (non-hydrogen) atoms. The Labute approximate surface area is 131 Å². The quantitative estimate of drug-likeness (QED) is 0.479. The summed E-state index contributed by atoms with van der Waals surface area (Å²) in [6.07, 6.45) is 0.745. The first-order valence-electron chi connectivity index (χ1n) is 6.86. The van der Waals surface area contributed by atoms with Gasteiger partial charge < -0.3 is 14.2 Å². The zero-order valence-electron chi connectivity index (χ0n) is 12.1. The molecule has 0 fully saturated rings. The molecule has 0 saturated carbocycles. The van der Waals surface area contributed by atoms with Gasteiger partial charge in [-0.15, -0.1) is 0 Å². The molecular weight excluding hydrogens is 302 g/mol. The van der Waals surface area contributed by atoms with E-state index < -0.39 is 4.92 Å². The lowest BCUT2D eigenvalue weighted by atomic mass is 10.1. The first-order chi connectivity index (χ1) is 11.2. The molecule has 1 heterocycles. The summed E-state index contributed by atoms with van der Waals surface area (Å²) >= 11 is 0. The van der Waals surface area contributed by atoms with E-state index in [-0.39, 0.29) is 25.7 Å². The van der Waals surface area contributed by atoms with Crippen molar-refractivity contribution in [2.24, 2.45) is 0 Å². The third kappa shape index (κ3) is 3.29. The number of hydrogen-bond donors (Lipinski definition) is 0. The Hall–Kier alpha value is -2.93. The van der Waals surface area contributed by atoms with Crippen LogP contribution in [0.3, 0.4) is 0 Å². The van der Waals surface area contributed by atoms with Gasteiger partial charge in [-0.05, 0) is 24.3 Å². The maximum Gasteiger partial charge on any atom is 0.270 e. The maximum atomic E-state index is 11.0. The smallest absolute Gasteiger partial charge is 0.270 e. The molecule has 7 nitrogen and oxygen atoms in total. The zero-order valence-corrected chi connectivity index (χ0v) is 12.1. The molecule has 1 aliphatic rings. The van der Waals surface area contributed by atoms with Crippen molar-refractivity contribution in [1.29, 1.82) is 0 Å². The Bertz CT molecular complexity index is 741. The summed E-state index contributed by atoms with van der Waals surface area (Å²) in [5.41, 5.74) is 1.72. The lowest BCUT2D eigenvalue weighted by Crippen LogP contribution is -2.14. The standard InChI is InChI=1S/C16H13NO6/c18-7-11-1-3-15(4-2-11)22-9-13-6-14(17(19)20)5-12-8-21-10-23-16(12)13/h1-7H,8-10H2. The Morgan fingerprint density at radius 3 is 2.74 bits per heavy atom. The van der Waals surface area contributed by atoms with Crippen LogP contribution in [0.15, 0.2) is 36.4 Å². The molecule has 0 bridgehead atoms. The number of ether oxygens (including phenoxy) is 3. The number of nitro groups is 1. The molecule has 0 N–H and O–H groups in total. The fourth-order valence-electron chi connectivity index (χ4n) is 2.30. The average molecular weight is 315 g/mol. The summed E-state index contributed by atoms with van der Waals surface area (Å²) < 4.78 is 16.2. The lowest BCUT2D eigenvalue weighted by molar-refractivity contribution is -0.385. The summed E-state index contributed by atoms with van der Waals surface area (Å²) in [6, 6.07) is 9.47. The molecule has 2 aromatic rings. The van der Waals surface area contributed by atoms with Crippen LogP contribution in [-0.4, -0.2) is 18.0 Å². The Kier molecular flexibility index (Phi) is 4.20. The minimum Gasteiger partial charge on any atom is -0.489 e. The predicted octanol–water partition coefficient (Wildman–Crippen LogP) is 2.85. The molecule has 3 rings (SSSR count). The van der Waals surface area contributed by atoms with Gasteiger partial charge in [0.2, 0.25) is 0 Å². The number of nitrogens with zero attached hydrogens (tertiary/aromatic N) is 1. The monoisotopic (exact) mass is 315 g/mol. The van der Waals surface area contributed by atoms with Crippen LogP contribution in [0.1, 0.15) is 21.5 Å². The Balaban J connectivity index is 1.84. The molecule has 0 unspecified atom stereocenters. The maximum absolute atomic E-state index is 11.0. The molecule has 2 aromatic carbocycles. The van der Waals surface area contributed by atoms with Crippen molar-refractivity contribution in [3.05, 3.63) is 63.2 Å². The minimum absolute atomic E-state index is 0.0345. The van der Waals surface area contributed by atoms with Crippen molar-refractivity contribution in [2.45, 2.75) is 13.2 Å². The summed E-state index contributed by atoms with van der Waals surface area (Å²) in [5, 5.41) is 11.0. The Morgan fingerprint density at radius 2 is 2.04 bits per heavy atom. The molecule has 0 radical (unpaired) electrons. The van der Waals surface area contributed by atoms with Crippen molar-refractivity contribution in [3.63, 3.8) is 0 Å². The lowest BCUT2D eigenvalue weighted by Gasteiger charge is -2.20. The van der Waals surface area contributed by atoms with Crippen LogP contribution in [0.25, 0.3) is 0 Å². The van der Waals surface area contributed by atoms with Crippen LogP contribution in [0, 0.1) is 10.1 Å². The number of carbonyl (C=O) groups excluding carboxylic acids is 1. The second kappa shape index (κ2) is 6.45. The summed E-state index contributed by atoms with van der Waals surface area (Å²) in [7, 11) is 0. The van der Waals surface area contributed by atoms with E-state index in [0.29, 0.717) is 28.2 Å². The molecule has 118 valence electrons. The van der Waals surface area contributed by atoms with Crippen molar-refractivity contribution >= 4 is 12.0 Å². The van der Waals surface area contributed by atoms with E-state index in [4.69, 9.17) is 14.2 Å². The number of hydrogen-bond acceptors (Lipinski definition) is 6. The molecule has 1 aliphatic heterocycles. The summed E-state index contributed by atoms with van der Waals surface area (Å²) in [5.74, 6) is 1.12. The van der Waals surface area contributed by atoms with Crippen LogP contribution in [0.5, 0.6) is 11.5 Å². The molecule has 7 heteroatoms. The minimum atomic E-state index is -0.461. The summed E-state index contributed by atoms with van der Waals surface area (Å²) in [6.45, 7) is 0.480. The van der Waals surface area contributed by atoms with Crippen molar-refractivity contribution < 1.29 is 23.9 Å². The van der Waals surface area contributed by atoms with Gasteiger partial charge in [-0.1, -0.05) is 0 Å². The highest BCUT2D eigenvalue weighted by Crippen LogP contribution is 2.33. The highest BCUT2D eigenvalue weighted by Gasteiger charge is 2.21. The van der Waals surface area contributed by atoms with Gasteiger partial charge in [-0.2, -0.15) is 0 Å². The van der Waals surface area contributed by atoms with Crippen LogP contribution >= 0.6 is 0 Å². The van der Waals surface area contributed by atoms with Crippen molar-refractivity contribution in [2.75, 3.05) is 6.79 Å². The second-order valence-electron chi connectivity index (χ2n) is 4.94. The zero-order chi connectivity index (χ0) is 16.2. The number of non-ortho nitro benzene ring substituents is 1. The molecule has 0 aliphatic carbocycles. The number of nitro benzene ring substituents is 1. The van der Waals surface area contributed by atoms with Crippen LogP contribution in [0.4, 0.5) is 5.69 Å². The first kappa shape index (κ1) is 15.0. The van der Waals surface area contributed by atoms with E-state index in [9.17, 15) is 14.9 Å². The molecular formula is C16H13NO6. The number of fused-ring (bicyclic) bond motifs is 1. The normalized spacial score (nSPS) is 12.9. The third-order valence-electron chi connectivity index (χ3n) is 3.39. The van der Waals surface area contributed by atoms with Gasteiger partial charge in [0.15, 0.2) is 6.79 Å². The van der Waals surface area contributed by atoms with Gasteiger partial charge in [0, 0.05) is 28.8 Å². The molecule has 0 atom stereocenters. The third-order valence-corrected chi connectivity index (χ3v) is 3.39. The molecule has 0 amide bonds. The van der Waals surface area contributed by atoms with Gasteiger partial charge >= 0.3 is 0 Å². The molecule has 0 aromatic heterocycles. The SMILES string of the molecule is O=Cc1ccc(OCc2cc([N+](=O)[O-])cc3c2OCOC3)cc1. The van der Waals surface area contributed by atoms with Gasteiger partial charge in [-0.3, -0.25) is 14.9 Å². The topological polar surface area (TPSA) is 87.9 Å². The van der Waals surface area contributed by atoms with Gasteiger partial charge in [0.05, 0.1) is 11.5 Å². The van der Waals surface area contributed by atoms with E-state index in [1.165, 1.54) is 12.1 Å². The molecule has 0 spiro atoms.